The van der Waals surface area contributed by atoms with Crippen molar-refractivity contribution in [2.45, 2.75) is 12.3 Å². The highest BCUT2D eigenvalue weighted by Gasteiger charge is 2.49. The largest absolute Gasteiger partial charge is 0.456 e. The van der Waals surface area contributed by atoms with E-state index < -0.39 is 5.41 Å². The SMILES string of the molecule is CC12c3ccccc3-c3cccc(c31)N(c1ccccc1-c1ccccc1)c1c2ccc2oc3cccc(-c4cccc5c4c4ccccc4n5-c4ccccc4)c3c12. The first-order valence-corrected chi connectivity index (χ1v) is 20.4. The molecule has 3 heteroatoms. The van der Waals surface area contributed by atoms with E-state index in [1.807, 2.05) is 0 Å². The third-order valence-electron chi connectivity index (χ3n) is 13.2. The van der Waals surface area contributed by atoms with Gasteiger partial charge in [0.2, 0.25) is 0 Å². The van der Waals surface area contributed by atoms with Crippen LogP contribution in [0.3, 0.4) is 0 Å². The van der Waals surface area contributed by atoms with Crippen molar-refractivity contribution >= 4 is 60.8 Å². The molecule has 0 bridgehead atoms. The van der Waals surface area contributed by atoms with Crippen LogP contribution in [0, 0.1) is 0 Å². The lowest BCUT2D eigenvalue weighted by Crippen LogP contribution is -2.32. The Morgan fingerprint density at radius 1 is 0.407 bits per heavy atom. The van der Waals surface area contributed by atoms with Crippen LogP contribution in [-0.2, 0) is 5.41 Å². The Balaban J connectivity index is 1.19. The lowest BCUT2D eigenvalue weighted by Gasteiger charge is -2.43. The third-order valence-corrected chi connectivity index (χ3v) is 13.2. The smallest absolute Gasteiger partial charge is 0.137 e. The topological polar surface area (TPSA) is 21.3 Å². The average Bonchev–Trinajstić information content (AvgIpc) is 3.94. The molecule has 0 spiro atoms. The molecule has 59 heavy (non-hydrogen) atoms. The van der Waals surface area contributed by atoms with Gasteiger partial charge in [-0.15, -0.1) is 0 Å². The second-order valence-corrected chi connectivity index (χ2v) is 16.1. The summed E-state index contributed by atoms with van der Waals surface area (Å²) in [6, 6.07) is 73.0. The van der Waals surface area contributed by atoms with Crippen molar-refractivity contribution in [2.75, 3.05) is 4.90 Å². The summed E-state index contributed by atoms with van der Waals surface area (Å²) in [4.78, 5) is 2.56. The molecule has 1 atom stereocenters. The van der Waals surface area contributed by atoms with Gasteiger partial charge in [0, 0.05) is 32.8 Å². The Morgan fingerprint density at radius 2 is 1.02 bits per heavy atom. The van der Waals surface area contributed by atoms with Crippen LogP contribution in [0.2, 0.25) is 0 Å². The standard InChI is InChI=1S/C56H36N2O/c1-56-43-27-11-8-22-38(43)41-26-15-31-48(54(41)56)58(45-28-12-9-21-37(45)35-17-4-2-5-18-35)55-44(56)33-34-50-53(55)52-40(25-16-32-49(52)59-50)39-24-14-30-47-51(39)42-23-10-13-29-46(42)57(47)36-19-6-3-7-20-36/h2-34H,1H3. The van der Waals surface area contributed by atoms with Gasteiger partial charge in [0.1, 0.15) is 11.2 Å². The second kappa shape index (κ2) is 12.0. The quantitative estimate of drug-likeness (QED) is 0.179. The molecule has 1 unspecified atom stereocenters. The second-order valence-electron chi connectivity index (χ2n) is 16.1. The molecule has 3 nitrogen and oxygen atoms in total. The molecule has 11 aromatic rings. The fourth-order valence-electron chi connectivity index (χ4n) is 10.8. The molecule has 13 rings (SSSR count). The summed E-state index contributed by atoms with van der Waals surface area (Å²) < 4.78 is 9.40. The van der Waals surface area contributed by atoms with Gasteiger partial charge in [0.05, 0.1) is 33.5 Å². The van der Waals surface area contributed by atoms with Crippen molar-refractivity contribution in [1.82, 2.24) is 4.57 Å². The number of furan rings is 1. The Kier molecular flexibility index (Phi) is 6.58. The van der Waals surface area contributed by atoms with E-state index in [0.717, 1.165) is 38.9 Å². The summed E-state index contributed by atoms with van der Waals surface area (Å²) in [6.45, 7) is 2.44. The van der Waals surface area contributed by atoms with Crippen molar-refractivity contribution in [3.63, 3.8) is 0 Å². The van der Waals surface area contributed by atoms with Crippen molar-refractivity contribution < 1.29 is 4.42 Å². The lowest BCUT2D eigenvalue weighted by molar-refractivity contribution is 0.666. The minimum atomic E-state index is -0.397. The highest BCUT2D eigenvalue weighted by molar-refractivity contribution is 6.24. The zero-order valence-corrected chi connectivity index (χ0v) is 32.4. The molecule has 276 valence electrons. The Morgan fingerprint density at radius 3 is 1.88 bits per heavy atom. The van der Waals surface area contributed by atoms with Gasteiger partial charge in [-0.05, 0) is 100.0 Å². The molecule has 2 aromatic heterocycles. The Bertz CT molecular complexity index is 3520. The molecule has 1 aliphatic carbocycles. The van der Waals surface area contributed by atoms with Gasteiger partial charge >= 0.3 is 0 Å². The fourth-order valence-corrected chi connectivity index (χ4v) is 10.8. The van der Waals surface area contributed by atoms with Crippen molar-refractivity contribution in [1.29, 1.82) is 0 Å². The van der Waals surface area contributed by atoms with Crippen molar-refractivity contribution in [2.24, 2.45) is 0 Å². The fraction of sp³-hybridized carbons (Fsp3) is 0.0357. The van der Waals surface area contributed by atoms with Gasteiger partial charge in [-0.25, -0.2) is 0 Å². The number of aromatic nitrogens is 1. The molecule has 0 radical (unpaired) electrons. The molecule has 1 aliphatic heterocycles. The molecular weight excluding hydrogens is 717 g/mol. The predicted octanol–water partition coefficient (Wildman–Crippen LogP) is 15.1. The maximum atomic E-state index is 6.99. The normalized spacial score (nSPS) is 15.2. The van der Waals surface area contributed by atoms with Crippen LogP contribution in [0.25, 0.3) is 82.8 Å². The van der Waals surface area contributed by atoms with Crippen LogP contribution in [0.5, 0.6) is 0 Å². The van der Waals surface area contributed by atoms with E-state index in [0.29, 0.717) is 0 Å². The van der Waals surface area contributed by atoms with E-state index in [9.17, 15) is 0 Å². The van der Waals surface area contributed by atoms with E-state index in [1.54, 1.807) is 0 Å². The van der Waals surface area contributed by atoms with E-state index >= 15 is 0 Å². The van der Waals surface area contributed by atoms with Crippen LogP contribution in [0.15, 0.2) is 205 Å². The number of nitrogens with zero attached hydrogens (tertiary/aromatic N) is 2. The summed E-state index contributed by atoms with van der Waals surface area (Å²) in [5.74, 6) is 0. The van der Waals surface area contributed by atoms with Gasteiger partial charge in [0.15, 0.2) is 0 Å². The summed E-state index contributed by atoms with van der Waals surface area (Å²) in [7, 11) is 0. The van der Waals surface area contributed by atoms with Crippen LogP contribution in [-0.4, -0.2) is 4.57 Å². The van der Waals surface area contributed by atoms with Gasteiger partial charge < -0.3 is 13.9 Å². The minimum Gasteiger partial charge on any atom is -0.456 e. The van der Waals surface area contributed by atoms with Crippen LogP contribution < -0.4 is 4.90 Å². The molecular formula is C56H36N2O. The van der Waals surface area contributed by atoms with Gasteiger partial charge in [-0.2, -0.15) is 0 Å². The number of benzene rings is 9. The number of hydrogen-bond acceptors (Lipinski definition) is 2. The number of anilines is 3. The first-order valence-electron chi connectivity index (χ1n) is 20.4. The third kappa shape index (κ3) is 4.26. The van der Waals surface area contributed by atoms with Crippen LogP contribution in [0.4, 0.5) is 17.1 Å². The van der Waals surface area contributed by atoms with Crippen molar-refractivity contribution in [3.8, 4) is 39.1 Å². The number of rotatable bonds is 4. The average molecular weight is 753 g/mol. The zero-order chi connectivity index (χ0) is 38.8. The molecule has 3 heterocycles. The Labute approximate surface area is 341 Å². The zero-order valence-electron chi connectivity index (χ0n) is 32.4. The van der Waals surface area contributed by atoms with Gasteiger partial charge in [-0.1, -0.05) is 152 Å². The number of para-hydroxylation sites is 3. The summed E-state index contributed by atoms with van der Waals surface area (Å²) in [5.41, 5.74) is 19.6. The van der Waals surface area contributed by atoms with E-state index in [1.165, 1.54) is 77.7 Å². The number of hydrogen-bond donors (Lipinski definition) is 0. The maximum Gasteiger partial charge on any atom is 0.137 e. The Hall–Kier alpha value is -7.62. The summed E-state index contributed by atoms with van der Waals surface area (Å²) in [5, 5.41) is 4.71. The molecule has 2 aliphatic rings. The van der Waals surface area contributed by atoms with E-state index in [2.05, 4.69) is 217 Å². The van der Waals surface area contributed by atoms with Crippen LogP contribution in [0.1, 0.15) is 23.6 Å². The molecule has 0 saturated heterocycles. The van der Waals surface area contributed by atoms with E-state index in [-0.39, 0.29) is 0 Å². The predicted molar refractivity (Wildman–Crippen MR) is 245 cm³/mol. The highest BCUT2D eigenvalue weighted by Crippen LogP contribution is 2.64. The molecule has 0 N–H and O–H groups in total. The monoisotopic (exact) mass is 752 g/mol. The molecule has 0 amide bonds. The highest BCUT2D eigenvalue weighted by atomic mass is 16.3. The molecule has 9 aromatic carbocycles. The number of fused-ring (bicyclic) bond motifs is 12. The molecule has 0 saturated carbocycles. The maximum absolute atomic E-state index is 6.99. The first kappa shape index (κ1) is 32.5. The summed E-state index contributed by atoms with van der Waals surface area (Å²) in [6.07, 6.45) is 0. The van der Waals surface area contributed by atoms with Crippen molar-refractivity contribution in [3.05, 3.63) is 217 Å². The molecule has 0 fully saturated rings. The summed E-state index contributed by atoms with van der Waals surface area (Å²) >= 11 is 0. The van der Waals surface area contributed by atoms with Gasteiger partial charge in [0.25, 0.3) is 0 Å². The van der Waals surface area contributed by atoms with E-state index in [4.69, 9.17) is 4.42 Å². The lowest BCUT2D eigenvalue weighted by atomic mass is 9.70. The first-order chi connectivity index (χ1) is 29.2. The minimum absolute atomic E-state index is 0.397. The van der Waals surface area contributed by atoms with Gasteiger partial charge in [-0.3, -0.25) is 0 Å². The van der Waals surface area contributed by atoms with Crippen LogP contribution >= 0.6 is 0 Å².